The summed E-state index contributed by atoms with van der Waals surface area (Å²) < 4.78 is 10.8. The number of ether oxygens (including phenoxy) is 1. The lowest BCUT2D eigenvalue weighted by molar-refractivity contribution is -0.134. The van der Waals surface area contributed by atoms with Gasteiger partial charge in [0.25, 0.3) is 5.91 Å². The second-order valence-corrected chi connectivity index (χ2v) is 5.96. The maximum absolute atomic E-state index is 12.4. The molecule has 1 aromatic heterocycles. The highest BCUT2D eigenvalue weighted by molar-refractivity contribution is 5.78. The van der Waals surface area contributed by atoms with E-state index in [4.69, 9.17) is 9.26 Å². The number of likely N-dealkylation sites (tertiary alicyclic amines) is 1. The van der Waals surface area contributed by atoms with Crippen LogP contribution in [0, 0.1) is 13.8 Å². The summed E-state index contributed by atoms with van der Waals surface area (Å²) in [7, 11) is 0. The van der Waals surface area contributed by atoms with Crippen molar-refractivity contribution in [1.29, 1.82) is 0 Å². The van der Waals surface area contributed by atoms with Gasteiger partial charge in [0.2, 0.25) is 5.89 Å². The van der Waals surface area contributed by atoms with Gasteiger partial charge in [0.1, 0.15) is 5.75 Å². The van der Waals surface area contributed by atoms with Crippen molar-refractivity contribution in [2.45, 2.75) is 32.6 Å². The third-order valence-corrected chi connectivity index (χ3v) is 4.02. The Morgan fingerprint density at radius 3 is 3.04 bits per heavy atom. The van der Waals surface area contributed by atoms with Crippen molar-refractivity contribution < 1.29 is 14.1 Å². The smallest absolute Gasteiger partial charge is 0.260 e. The minimum atomic E-state index is -0.00700. The van der Waals surface area contributed by atoms with E-state index in [0.717, 1.165) is 30.7 Å². The fourth-order valence-electron chi connectivity index (χ4n) is 2.83. The van der Waals surface area contributed by atoms with E-state index in [0.29, 0.717) is 18.3 Å². The Hall–Kier alpha value is -2.37. The van der Waals surface area contributed by atoms with Gasteiger partial charge in [-0.25, -0.2) is 0 Å². The molecule has 1 aromatic carbocycles. The van der Waals surface area contributed by atoms with Crippen LogP contribution in [-0.4, -0.2) is 40.6 Å². The van der Waals surface area contributed by atoms with Gasteiger partial charge in [0.15, 0.2) is 12.4 Å². The SMILES string of the molecule is Cc1cccc(OCC(=O)N2CCCC(c3nc(C)no3)C2)c1. The highest BCUT2D eigenvalue weighted by Gasteiger charge is 2.28. The number of amides is 1. The van der Waals surface area contributed by atoms with Crippen LogP contribution in [0.3, 0.4) is 0 Å². The second kappa shape index (κ2) is 6.81. The van der Waals surface area contributed by atoms with Crippen LogP contribution in [0.4, 0.5) is 0 Å². The Morgan fingerprint density at radius 1 is 1.43 bits per heavy atom. The van der Waals surface area contributed by atoms with E-state index in [2.05, 4.69) is 10.1 Å². The first-order valence-electron chi connectivity index (χ1n) is 7.89. The van der Waals surface area contributed by atoms with Gasteiger partial charge in [0, 0.05) is 13.1 Å². The third-order valence-electron chi connectivity index (χ3n) is 4.02. The molecule has 0 radical (unpaired) electrons. The monoisotopic (exact) mass is 315 g/mol. The van der Waals surface area contributed by atoms with Gasteiger partial charge in [0.05, 0.1) is 5.92 Å². The number of nitrogens with zero attached hydrogens (tertiary/aromatic N) is 3. The fraction of sp³-hybridized carbons (Fsp3) is 0.471. The molecule has 0 saturated carbocycles. The van der Waals surface area contributed by atoms with Gasteiger partial charge in [-0.2, -0.15) is 4.98 Å². The molecule has 0 aliphatic carbocycles. The number of hydrogen-bond donors (Lipinski definition) is 0. The summed E-state index contributed by atoms with van der Waals surface area (Å²) >= 11 is 0. The van der Waals surface area contributed by atoms with Crippen molar-refractivity contribution in [3.8, 4) is 5.75 Å². The topological polar surface area (TPSA) is 68.5 Å². The molecule has 0 N–H and O–H groups in total. The predicted molar refractivity (Wildman–Crippen MR) is 84.3 cm³/mol. The Kier molecular flexibility index (Phi) is 4.60. The summed E-state index contributed by atoms with van der Waals surface area (Å²) in [5.74, 6) is 2.09. The van der Waals surface area contributed by atoms with Crippen LogP contribution in [0.2, 0.25) is 0 Å². The van der Waals surface area contributed by atoms with Gasteiger partial charge in [-0.05, 0) is 44.4 Å². The Morgan fingerprint density at radius 2 is 2.30 bits per heavy atom. The molecule has 0 bridgehead atoms. The van der Waals surface area contributed by atoms with Crippen molar-refractivity contribution in [1.82, 2.24) is 15.0 Å². The molecule has 122 valence electrons. The predicted octanol–water partition coefficient (Wildman–Crippen LogP) is 2.47. The molecular formula is C17H21N3O3. The average molecular weight is 315 g/mol. The minimum absolute atomic E-state index is 0.00700. The van der Waals surface area contributed by atoms with E-state index in [-0.39, 0.29) is 18.4 Å². The van der Waals surface area contributed by atoms with Crippen molar-refractivity contribution >= 4 is 5.91 Å². The number of rotatable bonds is 4. The Balaban J connectivity index is 1.56. The molecule has 6 nitrogen and oxygen atoms in total. The lowest BCUT2D eigenvalue weighted by Crippen LogP contribution is -2.41. The first-order chi connectivity index (χ1) is 11.1. The molecule has 1 unspecified atom stereocenters. The highest BCUT2D eigenvalue weighted by atomic mass is 16.5. The van der Waals surface area contributed by atoms with Gasteiger partial charge in [-0.3, -0.25) is 4.79 Å². The molecular weight excluding hydrogens is 294 g/mol. The molecule has 2 heterocycles. The normalized spacial score (nSPS) is 18.0. The zero-order chi connectivity index (χ0) is 16.2. The summed E-state index contributed by atoms with van der Waals surface area (Å²) in [6.07, 6.45) is 1.90. The number of carbonyl (C=O) groups excluding carboxylic acids is 1. The third kappa shape index (κ3) is 3.88. The van der Waals surface area contributed by atoms with E-state index in [9.17, 15) is 4.79 Å². The maximum Gasteiger partial charge on any atom is 0.260 e. The molecule has 1 atom stereocenters. The fourth-order valence-corrected chi connectivity index (χ4v) is 2.83. The van der Waals surface area contributed by atoms with E-state index in [1.54, 1.807) is 6.92 Å². The zero-order valence-corrected chi connectivity index (χ0v) is 13.5. The number of benzene rings is 1. The van der Waals surface area contributed by atoms with Crippen LogP contribution in [0.15, 0.2) is 28.8 Å². The maximum atomic E-state index is 12.4. The molecule has 3 rings (SSSR count). The van der Waals surface area contributed by atoms with Gasteiger partial charge in [-0.15, -0.1) is 0 Å². The number of aromatic nitrogens is 2. The zero-order valence-electron chi connectivity index (χ0n) is 13.5. The Labute approximate surface area is 135 Å². The minimum Gasteiger partial charge on any atom is -0.484 e. The van der Waals surface area contributed by atoms with E-state index in [1.165, 1.54) is 0 Å². The van der Waals surface area contributed by atoms with Crippen LogP contribution in [-0.2, 0) is 4.79 Å². The summed E-state index contributed by atoms with van der Waals surface area (Å²) in [4.78, 5) is 18.5. The first-order valence-corrected chi connectivity index (χ1v) is 7.89. The van der Waals surface area contributed by atoms with Gasteiger partial charge < -0.3 is 14.2 Å². The molecule has 1 aliphatic rings. The van der Waals surface area contributed by atoms with Crippen LogP contribution in [0.25, 0.3) is 0 Å². The van der Waals surface area contributed by atoms with Crippen molar-refractivity contribution in [2.75, 3.05) is 19.7 Å². The van der Waals surface area contributed by atoms with E-state index >= 15 is 0 Å². The average Bonchev–Trinajstić information content (AvgIpc) is 2.99. The molecule has 2 aromatic rings. The number of aryl methyl sites for hydroxylation is 2. The second-order valence-electron chi connectivity index (χ2n) is 5.96. The summed E-state index contributed by atoms with van der Waals surface area (Å²) in [5, 5.41) is 3.83. The quantitative estimate of drug-likeness (QED) is 0.867. The van der Waals surface area contributed by atoms with E-state index in [1.807, 2.05) is 36.1 Å². The molecule has 1 fully saturated rings. The lowest BCUT2D eigenvalue weighted by Gasteiger charge is -2.30. The number of hydrogen-bond acceptors (Lipinski definition) is 5. The summed E-state index contributed by atoms with van der Waals surface area (Å²) in [6.45, 7) is 5.21. The van der Waals surface area contributed by atoms with Crippen molar-refractivity contribution in [2.24, 2.45) is 0 Å². The standard InChI is InChI=1S/C17H21N3O3/c1-12-5-3-7-15(9-12)22-11-16(21)20-8-4-6-14(10-20)17-18-13(2)19-23-17/h3,5,7,9,14H,4,6,8,10-11H2,1-2H3. The summed E-state index contributed by atoms with van der Waals surface area (Å²) in [5.41, 5.74) is 1.11. The van der Waals surface area contributed by atoms with Crippen molar-refractivity contribution in [3.63, 3.8) is 0 Å². The Bertz CT molecular complexity index is 683. The van der Waals surface area contributed by atoms with Crippen LogP contribution < -0.4 is 4.74 Å². The van der Waals surface area contributed by atoms with E-state index < -0.39 is 0 Å². The van der Waals surface area contributed by atoms with Crippen molar-refractivity contribution in [3.05, 3.63) is 41.5 Å². The van der Waals surface area contributed by atoms with Crippen LogP contribution >= 0.6 is 0 Å². The molecule has 23 heavy (non-hydrogen) atoms. The van der Waals surface area contributed by atoms with Crippen LogP contribution in [0.5, 0.6) is 5.75 Å². The number of piperidine rings is 1. The van der Waals surface area contributed by atoms with Gasteiger partial charge >= 0.3 is 0 Å². The highest BCUT2D eigenvalue weighted by Crippen LogP contribution is 2.25. The lowest BCUT2D eigenvalue weighted by atomic mass is 9.98. The number of carbonyl (C=O) groups is 1. The molecule has 1 aliphatic heterocycles. The largest absolute Gasteiger partial charge is 0.484 e. The van der Waals surface area contributed by atoms with Gasteiger partial charge in [-0.1, -0.05) is 17.3 Å². The molecule has 1 amide bonds. The molecule has 6 heteroatoms. The molecule has 1 saturated heterocycles. The molecule has 0 spiro atoms. The van der Waals surface area contributed by atoms with Crippen LogP contribution in [0.1, 0.15) is 36.0 Å². The first kappa shape index (κ1) is 15.5. The summed E-state index contributed by atoms with van der Waals surface area (Å²) in [6, 6.07) is 7.70.